The van der Waals surface area contributed by atoms with Crippen LogP contribution in [0.25, 0.3) is 0 Å². The maximum absolute atomic E-state index is 11.6. The Bertz CT molecular complexity index is 825. The summed E-state index contributed by atoms with van der Waals surface area (Å²) in [4.78, 5) is 2.19. The van der Waals surface area contributed by atoms with Crippen molar-refractivity contribution in [2.75, 3.05) is 38.0 Å². The first-order valence-corrected chi connectivity index (χ1v) is 9.21. The van der Waals surface area contributed by atoms with E-state index in [9.17, 15) is 5.11 Å². The van der Waals surface area contributed by atoms with E-state index in [-0.39, 0.29) is 0 Å². The Balaban J connectivity index is 1.77. The maximum atomic E-state index is 11.6. The summed E-state index contributed by atoms with van der Waals surface area (Å²) in [6.07, 6.45) is 0. The van der Waals surface area contributed by atoms with Crippen LogP contribution < -0.4 is 14.4 Å². The van der Waals surface area contributed by atoms with Crippen molar-refractivity contribution in [1.82, 2.24) is 0 Å². The molecule has 2 aliphatic heterocycles. The number of hydrogen-bond acceptors (Lipinski definition) is 5. The van der Waals surface area contributed by atoms with Gasteiger partial charge in [0.25, 0.3) is 5.72 Å². The van der Waals surface area contributed by atoms with E-state index in [1.54, 1.807) is 26.0 Å². The molecular formula is C19H21N2O3S+. The molecule has 4 rings (SSSR count). The van der Waals surface area contributed by atoms with Crippen molar-refractivity contribution in [2.24, 2.45) is 0 Å². The zero-order valence-electron chi connectivity index (χ0n) is 14.3. The molecule has 1 N–H and O–H groups in total. The van der Waals surface area contributed by atoms with Gasteiger partial charge in [0.05, 0.1) is 20.8 Å². The third-order valence-electron chi connectivity index (χ3n) is 4.75. The summed E-state index contributed by atoms with van der Waals surface area (Å²) in [6, 6.07) is 15.8. The number of para-hydroxylation sites is 1. The van der Waals surface area contributed by atoms with Gasteiger partial charge in [0.15, 0.2) is 18.0 Å². The van der Waals surface area contributed by atoms with E-state index in [2.05, 4.69) is 21.6 Å². The number of methoxy groups -OCH3 is 2. The Labute approximate surface area is 151 Å². The average molecular weight is 357 g/mol. The Kier molecular flexibility index (Phi) is 4.09. The van der Waals surface area contributed by atoms with E-state index in [1.807, 2.05) is 36.4 Å². The summed E-state index contributed by atoms with van der Waals surface area (Å²) in [5.74, 6) is 2.25. The molecule has 0 aliphatic carbocycles. The smallest absolute Gasteiger partial charge is 0.316 e. The third kappa shape index (κ3) is 2.56. The predicted octanol–water partition coefficient (Wildman–Crippen LogP) is 2.48. The fourth-order valence-corrected chi connectivity index (χ4v) is 4.66. The van der Waals surface area contributed by atoms with Crippen LogP contribution in [0, 0.1) is 0 Å². The molecule has 0 bridgehead atoms. The quantitative estimate of drug-likeness (QED) is 0.852. The molecule has 1 atom stereocenters. The lowest BCUT2D eigenvalue weighted by molar-refractivity contribution is -0.650. The molecule has 0 saturated heterocycles. The van der Waals surface area contributed by atoms with Gasteiger partial charge < -0.3 is 14.6 Å². The number of benzene rings is 2. The van der Waals surface area contributed by atoms with Gasteiger partial charge in [0.1, 0.15) is 5.69 Å². The molecule has 2 heterocycles. The molecule has 2 aromatic rings. The molecule has 0 unspecified atom stereocenters. The number of aliphatic hydroxyl groups is 1. The first-order chi connectivity index (χ1) is 12.2. The van der Waals surface area contributed by atoms with Crippen molar-refractivity contribution in [3.8, 4) is 11.5 Å². The van der Waals surface area contributed by atoms with Gasteiger partial charge in [-0.1, -0.05) is 18.2 Å². The number of hydrogen-bond donors (Lipinski definition) is 1. The van der Waals surface area contributed by atoms with Crippen LogP contribution in [0.5, 0.6) is 11.5 Å². The van der Waals surface area contributed by atoms with E-state index in [1.165, 1.54) is 0 Å². The van der Waals surface area contributed by atoms with Gasteiger partial charge in [0, 0.05) is 11.3 Å². The first-order valence-electron chi connectivity index (χ1n) is 8.22. The lowest BCUT2D eigenvalue weighted by Gasteiger charge is -2.23. The van der Waals surface area contributed by atoms with E-state index >= 15 is 0 Å². The van der Waals surface area contributed by atoms with Crippen LogP contribution in [0.1, 0.15) is 5.56 Å². The van der Waals surface area contributed by atoms with Crippen LogP contribution in [0.15, 0.2) is 48.5 Å². The van der Waals surface area contributed by atoms with E-state index < -0.39 is 5.72 Å². The highest BCUT2D eigenvalue weighted by atomic mass is 32.2. The molecule has 0 spiro atoms. The average Bonchev–Trinajstić information content (AvgIpc) is 3.25. The zero-order chi connectivity index (χ0) is 17.4. The number of nitrogens with zero attached hydrogens (tertiary/aromatic N) is 2. The van der Waals surface area contributed by atoms with Crippen molar-refractivity contribution in [2.45, 2.75) is 5.72 Å². The fourth-order valence-electron chi connectivity index (χ4n) is 3.48. The molecule has 130 valence electrons. The van der Waals surface area contributed by atoms with Crippen LogP contribution in [-0.4, -0.2) is 47.9 Å². The molecule has 0 radical (unpaired) electrons. The molecule has 25 heavy (non-hydrogen) atoms. The summed E-state index contributed by atoms with van der Waals surface area (Å²) < 4.78 is 12.8. The molecule has 0 fully saturated rings. The highest BCUT2D eigenvalue weighted by Gasteiger charge is 2.54. The minimum atomic E-state index is -1.09. The van der Waals surface area contributed by atoms with Crippen molar-refractivity contribution in [3.05, 3.63) is 54.1 Å². The lowest BCUT2D eigenvalue weighted by Crippen LogP contribution is -2.41. The van der Waals surface area contributed by atoms with Crippen molar-refractivity contribution < 1.29 is 19.2 Å². The monoisotopic (exact) mass is 357 g/mol. The largest absolute Gasteiger partial charge is 0.493 e. The molecule has 0 amide bonds. The van der Waals surface area contributed by atoms with Crippen molar-refractivity contribution in [1.29, 1.82) is 0 Å². The Morgan fingerprint density at radius 2 is 1.84 bits per heavy atom. The van der Waals surface area contributed by atoms with Gasteiger partial charge in [-0.3, -0.25) is 0 Å². The number of anilines is 1. The van der Waals surface area contributed by atoms with E-state index in [4.69, 9.17) is 9.47 Å². The molecule has 0 saturated carbocycles. The summed E-state index contributed by atoms with van der Waals surface area (Å²) in [6.45, 7) is 1.29. The highest BCUT2D eigenvalue weighted by Crippen LogP contribution is 2.40. The SMILES string of the molecule is COc1ccc([C@@]2(O)CN(c3ccccc3)C3=[N+]2CCS3)cc1OC. The van der Waals surface area contributed by atoms with Gasteiger partial charge in [-0.15, -0.1) is 0 Å². The molecule has 5 nitrogen and oxygen atoms in total. The van der Waals surface area contributed by atoms with Gasteiger partial charge in [-0.25, -0.2) is 9.48 Å². The number of ether oxygens (including phenoxy) is 2. The van der Waals surface area contributed by atoms with Crippen LogP contribution in [0.2, 0.25) is 0 Å². The molecule has 0 aromatic heterocycles. The standard InChI is InChI=1S/C19H21N2O3S/c1-23-16-9-8-14(12-17(16)24-2)19(22)13-20(15-6-4-3-5-7-15)18-21(19)10-11-25-18/h3-9,12,22H,10-11,13H2,1-2H3/q+1/t19-/m0/s1. The summed E-state index contributed by atoms with van der Waals surface area (Å²) in [5, 5.41) is 12.7. The van der Waals surface area contributed by atoms with Gasteiger partial charge in [0.2, 0.25) is 0 Å². The van der Waals surface area contributed by atoms with Gasteiger partial charge in [-0.2, -0.15) is 0 Å². The van der Waals surface area contributed by atoms with Crippen LogP contribution in [0.3, 0.4) is 0 Å². The topological polar surface area (TPSA) is 44.9 Å². The molecule has 6 heteroatoms. The third-order valence-corrected chi connectivity index (χ3v) is 5.83. The summed E-state index contributed by atoms with van der Waals surface area (Å²) in [5.41, 5.74) is 0.811. The summed E-state index contributed by atoms with van der Waals surface area (Å²) >= 11 is 1.78. The Morgan fingerprint density at radius 1 is 1.08 bits per heavy atom. The van der Waals surface area contributed by atoms with Crippen molar-refractivity contribution >= 4 is 22.6 Å². The molecule has 2 aliphatic rings. The molecular weight excluding hydrogens is 336 g/mol. The van der Waals surface area contributed by atoms with Crippen LogP contribution >= 0.6 is 11.8 Å². The normalized spacial score (nSPS) is 22.3. The Morgan fingerprint density at radius 3 is 2.56 bits per heavy atom. The predicted molar refractivity (Wildman–Crippen MR) is 99.8 cm³/mol. The van der Waals surface area contributed by atoms with E-state index in [0.29, 0.717) is 18.0 Å². The second kappa shape index (κ2) is 6.28. The van der Waals surface area contributed by atoms with Gasteiger partial charge >= 0.3 is 5.17 Å². The minimum Gasteiger partial charge on any atom is -0.493 e. The Hall–Kier alpha value is -2.18. The maximum Gasteiger partial charge on any atom is 0.316 e. The first kappa shape index (κ1) is 16.3. The van der Waals surface area contributed by atoms with Crippen LogP contribution in [-0.2, 0) is 5.72 Å². The second-order valence-electron chi connectivity index (χ2n) is 6.09. The number of amidine groups is 1. The number of rotatable bonds is 4. The van der Waals surface area contributed by atoms with Gasteiger partial charge in [-0.05, 0) is 42.1 Å². The van der Waals surface area contributed by atoms with Crippen molar-refractivity contribution in [3.63, 3.8) is 0 Å². The second-order valence-corrected chi connectivity index (χ2v) is 7.15. The van der Waals surface area contributed by atoms with E-state index in [0.717, 1.165) is 28.7 Å². The number of β-amino-alcohol motifs (C(OH)–C–C–N with tert-alkyl or cyclic N) is 1. The molecule has 2 aromatic carbocycles. The summed E-state index contributed by atoms with van der Waals surface area (Å²) in [7, 11) is 3.22. The highest BCUT2D eigenvalue weighted by molar-refractivity contribution is 8.14. The lowest BCUT2D eigenvalue weighted by atomic mass is 10.0. The minimum absolute atomic E-state index is 0.481. The number of thioether (sulfide) groups is 1. The fraction of sp³-hybridized carbons (Fsp3) is 0.316. The zero-order valence-corrected chi connectivity index (χ0v) is 15.1. The van der Waals surface area contributed by atoms with Crippen LogP contribution in [0.4, 0.5) is 5.69 Å².